The first-order valence-electron chi connectivity index (χ1n) is 15.3. The van der Waals surface area contributed by atoms with Gasteiger partial charge in [0.05, 0.1) is 0 Å². The highest BCUT2D eigenvalue weighted by Gasteiger charge is 2.39. The second kappa shape index (κ2) is 11.8. The van der Waals surface area contributed by atoms with Crippen LogP contribution in [0.2, 0.25) is 0 Å². The number of hydrogen-bond donors (Lipinski definition) is 0. The molecular weight excluding hydrogens is 542 g/mol. The van der Waals surface area contributed by atoms with Crippen molar-refractivity contribution in [3.63, 3.8) is 0 Å². The fraction of sp³-hybridized carbons (Fsp3) is 0.250. The number of hydrogen-bond acceptors (Lipinski definition) is 4. The van der Waals surface area contributed by atoms with Crippen molar-refractivity contribution in [1.29, 1.82) is 0 Å². The first-order chi connectivity index (χ1) is 21.3. The molecule has 44 heavy (non-hydrogen) atoms. The molecule has 0 aromatic heterocycles. The highest BCUT2D eigenvalue weighted by atomic mass is 16.7. The van der Waals surface area contributed by atoms with Crippen LogP contribution in [0.5, 0.6) is 17.2 Å². The highest BCUT2D eigenvalue weighted by Crippen LogP contribution is 2.52. The molecule has 2 aliphatic heterocycles. The van der Waals surface area contributed by atoms with E-state index in [-0.39, 0.29) is 12.7 Å². The molecule has 2 atom stereocenters. The lowest BCUT2D eigenvalue weighted by Gasteiger charge is -2.39. The molecule has 0 bridgehead atoms. The Kier molecular flexibility index (Phi) is 7.85. The Bertz CT molecular complexity index is 1800. The van der Waals surface area contributed by atoms with Gasteiger partial charge in [0.2, 0.25) is 6.79 Å². The smallest absolute Gasteiger partial charge is 0.231 e. The molecule has 0 radical (unpaired) electrons. The monoisotopic (exact) mass is 583 g/mol. The third-order valence-electron chi connectivity index (χ3n) is 8.95. The fourth-order valence-corrected chi connectivity index (χ4v) is 6.63. The number of fused-ring (bicyclic) bond motifs is 7. The minimum absolute atomic E-state index is 0.217. The van der Waals surface area contributed by atoms with Crippen molar-refractivity contribution >= 4 is 22.4 Å². The van der Waals surface area contributed by atoms with Crippen LogP contribution < -0.4 is 14.2 Å². The third kappa shape index (κ3) is 4.98. The van der Waals surface area contributed by atoms with Gasteiger partial charge in [-0.25, -0.2) is 0 Å². The van der Waals surface area contributed by atoms with E-state index in [1.54, 1.807) is 0 Å². The van der Waals surface area contributed by atoms with Gasteiger partial charge < -0.3 is 19.1 Å². The van der Waals surface area contributed by atoms with E-state index >= 15 is 0 Å². The molecule has 2 unspecified atom stereocenters. The van der Waals surface area contributed by atoms with Crippen LogP contribution in [-0.4, -0.2) is 25.8 Å². The van der Waals surface area contributed by atoms with Gasteiger partial charge in [0.25, 0.3) is 0 Å². The lowest BCUT2D eigenvalue weighted by atomic mass is 9.78. The molecule has 3 aliphatic rings. The van der Waals surface area contributed by atoms with Gasteiger partial charge in [-0.2, -0.15) is 0 Å². The maximum atomic E-state index is 7.37. The third-order valence-corrected chi connectivity index (χ3v) is 8.95. The van der Waals surface area contributed by atoms with Crippen molar-refractivity contribution in [2.75, 3.05) is 20.9 Å². The van der Waals surface area contributed by atoms with E-state index in [1.807, 2.05) is 32.3 Å². The number of benzene rings is 3. The minimum Gasteiger partial charge on any atom is -0.473 e. The molecule has 0 saturated carbocycles. The molecule has 4 nitrogen and oxygen atoms in total. The molecule has 0 fully saturated rings. The topological polar surface area (TPSA) is 30.9 Å². The first kappa shape index (κ1) is 29.4. The number of ether oxygens (including phenoxy) is 3. The van der Waals surface area contributed by atoms with Crippen LogP contribution in [0.1, 0.15) is 49.4 Å². The molecule has 3 aromatic carbocycles. The second-order valence-corrected chi connectivity index (χ2v) is 12.0. The van der Waals surface area contributed by atoms with Crippen molar-refractivity contribution in [1.82, 2.24) is 4.90 Å². The van der Waals surface area contributed by atoms with Gasteiger partial charge in [-0.05, 0) is 90.1 Å². The van der Waals surface area contributed by atoms with Crippen molar-refractivity contribution in [2.45, 2.75) is 39.2 Å². The zero-order valence-corrected chi connectivity index (χ0v) is 26.4. The number of allylic oxidation sites excluding steroid dienone is 8. The van der Waals surface area contributed by atoms with E-state index in [1.165, 1.54) is 16.7 Å². The average molecular weight is 584 g/mol. The summed E-state index contributed by atoms with van der Waals surface area (Å²) in [5.74, 6) is 2.67. The number of likely N-dealkylation sites (N-methyl/N-ethyl adjacent to an activating group) is 1. The van der Waals surface area contributed by atoms with Gasteiger partial charge in [-0.1, -0.05) is 80.3 Å². The summed E-state index contributed by atoms with van der Waals surface area (Å²) in [6, 6.07) is 14.7. The zero-order valence-electron chi connectivity index (χ0n) is 26.4. The zero-order chi connectivity index (χ0) is 31.0. The van der Waals surface area contributed by atoms with Gasteiger partial charge in [-0.15, -0.1) is 6.58 Å². The normalized spacial score (nSPS) is 19.9. The highest BCUT2D eigenvalue weighted by molar-refractivity contribution is 6.05. The Balaban J connectivity index is 1.61. The second-order valence-electron chi connectivity index (χ2n) is 12.0. The molecule has 6 rings (SSSR count). The van der Waals surface area contributed by atoms with Gasteiger partial charge in [0.1, 0.15) is 5.75 Å². The molecule has 2 heterocycles. The Morgan fingerprint density at radius 2 is 1.75 bits per heavy atom. The summed E-state index contributed by atoms with van der Waals surface area (Å²) in [6.07, 6.45) is 19.3. The molecule has 1 aliphatic carbocycles. The predicted molar refractivity (Wildman–Crippen MR) is 183 cm³/mol. The molecule has 0 spiro atoms. The van der Waals surface area contributed by atoms with Crippen LogP contribution in [0.15, 0.2) is 115 Å². The Hall–Kier alpha value is -4.70. The van der Waals surface area contributed by atoms with Gasteiger partial charge in [0, 0.05) is 36.3 Å². The van der Waals surface area contributed by atoms with Crippen LogP contribution in [0.3, 0.4) is 0 Å². The van der Waals surface area contributed by atoms with E-state index in [0.29, 0.717) is 0 Å². The maximum absolute atomic E-state index is 7.37. The SMILES string of the molecule is C=C/C(=C(C)\C=C(/C)C1(c2ccccc2)C=Cc2c3c(c4cc5c(cc4c2O1)OCO5)C(/C=C\C(C)C=C)=CCC3)N(C)C. The van der Waals surface area contributed by atoms with Gasteiger partial charge >= 0.3 is 0 Å². The summed E-state index contributed by atoms with van der Waals surface area (Å²) >= 11 is 0. The average Bonchev–Trinajstić information content (AvgIpc) is 3.50. The lowest BCUT2D eigenvalue weighted by molar-refractivity contribution is 0.158. The Morgan fingerprint density at radius 3 is 2.43 bits per heavy atom. The summed E-state index contributed by atoms with van der Waals surface area (Å²) in [5, 5.41) is 2.13. The number of rotatable bonds is 8. The predicted octanol–water partition coefficient (Wildman–Crippen LogP) is 9.55. The molecule has 0 saturated heterocycles. The fourth-order valence-electron chi connectivity index (χ4n) is 6.63. The van der Waals surface area contributed by atoms with Crippen LogP contribution in [0.25, 0.3) is 22.4 Å². The Labute approximate surface area is 261 Å². The number of nitrogens with zero attached hydrogens (tertiary/aromatic N) is 1. The summed E-state index contributed by atoms with van der Waals surface area (Å²) in [4.78, 5) is 2.09. The summed E-state index contributed by atoms with van der Waals surface area (Å²) in [5.41, 5.74) is 8.43. The molecule has 4 heteroatoms. The maximum Gasteiger partial charge on any atom is 0.231 e. The largest absolute Gasteiger partial charge is 0.473 e. The first-order valence-corrected chi connectivity index (χ1v) is 15.3. The van der Waals surface area contributed by atoms with E-state index in [0.717, 1.165) is 68.8 Å². The molecular formula is C40H41NO3. The van der Waals surface area contributed by atoms with E-state index < -0.39 is 5.60 Å². The molecule has 3 aromatic rings. The molecule has 0 amide bonds. The van der Waals surface area contributed by atoms with Gasteiger partial charge in [-0.3, -0.25) is 0 Å². The summed E-state index contributed by atoms with van der Waals surface area (Å²) in [6.45, 7) is 14.7. The van der Waals surface area contributed by atoms with Crippen molar-refractivity contribution < 1.29 is 14.2 Å². The van der Waals surface area contributed by atoms with E-state index in [9.17, 15) is 0 Å². The summed E-state index contributed by atoms with van der Waals surface area (Å²) in [7, 11) is 4.08. The standard InChI is InChI=1S/C40H41NO3/c1-8-26(3)18-19-29-14-13-17-31-32-20-21-40(30-15-11-10-12-16-30,28(5)22-27(4)35(9-2)41(6)7)44-39(32)34-24-37-36(42-25-43-37)23-33(34)38(29)31/h8-12,14-16,18-24,26H,1-2,13,17,25H2,3-7H3/b19-18-,28-22+,35-27+. The Morgan fingerprint density at radius 1 is 1.02 bits per heavy atom. The molecule has 224 valence electrons. The van der Waals surface area contributed by atoms with Crippen LogP contribution in [-0.2, 0) is 12.0 Å². The lowest BCUT2D eigenvalue weighted by Crippen LogP contribution is -2.35. The van der Waals surface area contributed by atoms with Crippen molar-refractivity contribution in [3.05, 3.63) is 137 Å². The summed E-state index contributed by atoms with van der Waals surface area (Å²) < 4.78 is 19.1. The van der Waals surface area contributed by atoms with Crippen LogP contribution >= 0.6 is 0 Å². The van der Waals surface area contributed by atoms with Crippen molar-refractivity contribution in [3.8, 4) is 17.2 Å². The van der Waals surface area contributed by atoms with E-state index in [2.05, 4.69) is 112 Å². The van der Waals surface area contributed by atoms with Gasteiger partial charge in [0.15, 0.2) is 17.1 Å². The quantitative estimate of drug-likeness (QED) is 0.195. The minimum atomic E-state index is -0.807. The van der Waals surface area contributed by atoms with Crippen LogP contribution in [0, 0.1) is 5.92 Å². The van der Waals surface area contributed by atoms with E-state index in [4.69, 9.17) is 14.2 Å². The van der Waals surface area contributed by atoms with Crippen molar-refractivity contribution in [2.24, 2.45) is 5.92 Å². The van der Waals surface area contributed by atoms with Crippen LogP contribution in [0.4, 0.5) is 0 Å². The molecule has 0 N–H and O–H groups in total.